The van der Waals surface area contributed by atoms with Gasteiger partial charge in [-0.3, -0.25) is 28.2 Å². The first-order chi connectivity index (χ1) is 20.4. The molecule has 0 heterocycles. The monoisotopic (exact) mass is 758 g/mol. The summed E-state index contributed by atoms with van der Waals surface area (Å²) < 4.78 is 60.2. The Morgan fingerprint density at radius 1 is 0.479 bits per heavy atom. The van der Waals surface area contributed by atoms with E-state index in [9.17, 15) is 33.2 Å². The van der Waals surface area contributed by atoms with Gasteiger partial charge in [-0.15, -0.1) is 0 Å². The third-order valence-corrected chi connectivity index (χ3v) is 6.70. The Labute approximate surface area is 292 Å². The van der Waals surface area contributed by atoms with Crippen LogP contribution in [0.15, 0.2) is 0 Å². The smallest absolute Gasteiger partial charge is 0.438 e. The Morgan fingerprint density at radius 3 is 0.854 bits per heavy atom. The summed E-state index contributed by atoms with van der Waals surface area (Å²) in [5, 5.41) is 0. The van der Waals surface area contributed by atoms with Crippen molar-refractivity contribution < 1.29 is 70.2 Å². The van der Waals surface area contributed by atoms with Crippen molar-refractivity contribution in [1.29, 1.82) is 0 Å². The summed E-state index contributed by atoms with van der Waals surface area (Å²) in [5.41, 5.74) is -1.01. The van der Waals surface area contributed by atoms with E-state index >= 15 is 0 Å². The fourth-order valence-corrected chi connectivity index (χ4v) is 3.76. The minimum absolute atomic E-state index is 0. The number of phosphoric acid groups is 1. The van der Waals surface area contributed by atoms with Gasteiger partial charge in [0.2, 0.25) is 27.2 Å². The Kier molecular flexibility index (Phi) is 25.5. The molecule has 0 amide bonds. The van der Waals surface area contributed by atoms with E-state index in [0.717, 1.165) is 0 Å². The van der Waals surface area contributed by atoms with Crippen LogP contribution in [-0.4, -0.2) is 55.9 Å². The number of phosphoric ester groups is 1. The first kappa shape index (κ1) is 53.2. The molecule has 0 rings (SSSR count). The third-order valence-electron chi connectivity index (χ3n) is 4.42. The van der Waals surface area contributed by atoms with Crippen molar-refractivity contribution in [1.82, 2.24) is 0 Å². The molecule has 0 aliphatic carbocycles. The highest BCUT2D eigenvalue weighted by Gasteiger charge is 2.26. The Hall–Kier alpha value is -1.57. The quantitative estimate of drug-likeness (QED) is 0.0680. The minimum Gasteiger partial charge on any atom is -0.438 e. The summed E-state index contributed by atoms with van der Waals surface area (Å²) in [4.78, 5) is 55.0. The molecule has 0 spiro atoms. The Morgan fingerprint density at radius 2 is 0.667 bits per heavy atom. The van der Waals surface area contributed by atoms with E-state index in [-0.39, 0.29) is 62.2 Å². The number of ether oxygens (including phenoxy) is 4. The second-order valence-electron chi connectivity index (χ2n) is 14.9. The van der Waals surface area contributed by atoms with Gasteiger partial charge in [-0.1, -0.05) is 97.9 Å². The summed E-state index contributed by atoms with van der Waals surface area (Å²) in [7, 11) is -4.46. The van der Waals surface area contributed by atoms with Crippen LogP contribution in [-0.2, 0) is 65.4 Å². The largest absolute Gasteiger partial charge is 0.478 e. The first-order valence-corrected chi connectivity index (χ1v) is 18.2. The topological polar surface area (TPSA) is 196 Å². The van der Waals surface area contributed by atoms with Crippen molar-refractivity contribution in [3.05, 3.63) is 0 Å². The lowest BCUT2D eigenvalue weighted by molar-refractivity contribution is -0.157. The molecule has 0 aromatic rings. The molecule has 0 aliphatic heterocycles. The number of halogens is 1. The molecule has 0 aliphatic rings. The van der Waals surface area contributed by atoms with Crippen molar-refractivity contribution in [2.45, 2.75) is 124 Å². The van der Waals surface area contributed by atoms with Crippen molar-refractivity contribution in [2.24, 2.45) is 21.7 Å². The molecule has 0 saturated carbocycles. The van der Waals surface area contributed by atoms with E-state index < -0.39 is 65.8 Å². The van der Waals surface area contributed by atoms with E-state index in [0.29, 0.717) is 0 Å². The number of carbonyl (C=O) groups is 4. The van der Waals surface area contributed by atoms with E-state index in [4.69, 9.17) is 20.7 Å². The average molecular weight is 759 g/mol. The van der Waals surface area contributed by atoms with Gasteiger partial charge in [0.25, 0.3) is 0 Å². The molecular formula is C30H61ClO15P2. The number of carbonyl (C=O) groups excluding carboxylic acids is 4. The zero-order chi connectivity index (χ0) is 36.6. The fourth-order valence-electron chi connectivity index (χ4n) is 2.64. The number of rotatable bonds is 16. The molecule has 0 fully saturated rings. The van der Waals surface area contributed by atoms with E-state index in [1.54, 1.807) is 0 Å². The summed E-state index contributed by atoms with van der Waals surface area (Å²) in [5.74, 6) is -2.14. The van der Waals surface area contributed by atoms with Gasteiger partial charge in [-0.25, -0.2) is 18.2 Å². The van der Waals surface area contributed by atoms with Crippen LogP contribution in [0, 0.1) is 21.7 Å². The standard InChI is InChI=1S/C14H26ClO7P.C14H27O8P.2CH4/c1-13(2,3)7-11(16)19-9-21-23(15,18)22-10-20-12(17)8-14(4,5)6;1-13(2,3)7-11(15)19-9-21-23(17,18)22-10-20-12(16)8-14(4,5)6;;/h7-10H2,1-6H3;7-10H2,1-6H3,(H,17,18);2*1H4. The lowest BCUT2D eigenvalue weighted by atomic mass is 9.92. The van der Waals surface area contributed by atoms with E-state index in [1.807, 2.05) is 83.1 Å². The molecule has 0 aromatic heterocycles. The predicted molar refractivity (Wildman–Crippen MR) is 181 cm³/mol. The lowest BCUT2D eigenvalue weighted by Gasteiger charge is -2.18. The number of hydrogen-bond acceptors (Lipinski definition) is 14. The van der Waals surface area contributed by atoms with Crippen molar-refractivity contribution in [2.75, 3.05) is 27.2 Å². The summed E-state index contributed by atoms with van der Waals surface area (Å²) in [6.07, 6.45) is 0.622. The zero-order valence-electron chi connectivity index (χ0n) is 29.1. The molecular weight excluding hydrogens is 698 g/mol. The van der Waals surface area contributed by atoms with Crippen LogP contribution >= 0.6 is 26.0 Å². The average Bonchev–Trinajstić information content (AvgIpc) is 2.73. The SMILES string of the molecule is C.C.CC(C)(C)CC(=O)OCOP(=O)(Cl)OCOC(=O)CC(C)(C)C.CC(C)(C)CC(=O)OCOP(=O)(O)OCOC(=O)CC(C)(C)C. The Balaban J connectivity index is -0.000000387. The highest BCUT2D eigenvalue weighted by atomic mass is 35.7. The maximum Gasteiger partial charge on any atom is 0.478 e. The fraction of sp³-hybridized carbons (Fsp3) is 0.867. The van der Waals surface area contributed by atoms with Crippen LogP contribution in [0.4, 0.5) is 0 Å². The molecule has 0 aromatic carbocycles. The minimum atomic E-state index is -4.46. The van der Waals surface area contributed by atoms with Gasteiger partial charge in [0.15, 0.2) is 0 Å². The highest BCUT2D eigenvalue weighted by molar-refractivity contribution is 7.81. The van der Waals surface area contributed by atoms with Crippen LogP contribution < -0.4 is 0 Å². The van der Waals surface area contributed by atoms with Crippen LogP contribution in [0.2, 0.25) is 0 Å². The van der Waals surface area contributed by atoms with Crippen LogP contribution in [0.1, 0.15) is 124 Å². The lowest BCUT2D eigenvalue weighted by Crippen LogP contribution is -2.17. The molecule has 0 unspecified atom stereocenters. The van der Waals surface area contributed by atoms with Gasteiger partial charge in [-0.05, 0) is 21.7 Å². The molecule has 0 radical (unpaired) electrons. The molecule has 48 heavy (non-hydrogen) atoms. The highest BCUT2D eigenvalue weighted by Crippen LogP contribution is 2.53. The molecule has 0 bridgehead atoms. The van der Waals surface area contributed by atoms with Crippen LogP contribution in [0.25, 0.3) is 0 Å². The van der Waals surface area contributed by atoms with Crippen molar-refractivity contribution in [3.8, 4) is 0 Å². The van der Waals surface area contributed by atoms with Gasteiger partial charge in [0, 0.05) is 11.2 Å². The molecule has 18 heteroatoms. The first-order valence-electron chi connectivity index (χ1n) is 14.2. The summed E-state index contributed by atoms with van der Waals surface area (Å²) >= 11 is 5.50. The molecule has 15 nitrogen and oxygen atoms in total. The van der Waals surface area contributed by atoms with E-state index in [2.05, 4.69) is 27.6 Å². The second kappa shape index (κ2) is 23.0. The maximum absolute atomic E-state index is 11.7. The third kappa shape index (κ3) is 38.9. The number of esters is 4. The number of hydrogen-bond donors (Lipinski definition) is 1. The van der Waals surface area contributed by atoms with Gasteiger partial charge in [0.05, 0.1) is 25.7 Å². The zero-order valence-corrected chi connectivity index (χ0v) is 31.6. The van der Waals surface area contributed by atoms with Crippen molar-refractivity contribution in [3.63, 3.8) is 0 Å². The van der Waals surface area contributed by atoms with Gasteiger partial charge < -0.3 is 23.8 Å². The predicted octanol–water partition coefficient (Wildman–Crippen LogP) is 8.51. The second-order valence-corrected chi connectivity index (χ2v) is 19.0. The maximum atomic E-state index is 11.7. The molecule has 288 valence electrons. The summed E-state index contributed by atoms with van der Waals surface area (Å²) in [6.45, 7) is 15.7. The van der Waals surface area contributed by atoms with E-state index in [1.165, 1.54) is 0 Å². The van der Waals surface area contributed by atoms with Gasteiger partial charge in [-0.2, -0.15) is 0 Å². The van der Waals surface area contributed by atoms with Crippen LogP contribution in [0.5, 0.6) is 0 Å². The van der Waals surface area contributed by atoms with Gasteiger partial charge >= 0.3 is 38.6 Å². The van der Waals surface area contributed by atoms with Gasteiger partial charge in [0.1, 0.15) is 0 Å². The molecule has 0 atom stereocenters. The molecule has 0 saturated heterocycles. The van der Waals surface area contributed by atoms with Crippen molar-refractivity contribution >= 4 is 49.9 Å². The normalized spacial score (nSPS) is 12.3. The molecule has 1 N–H and O–H groups in total. The Bertz CT molecular complexity index is 908. The van der Waals surface area contributed by atoms with Crippen LogP contribution in [0.3, 0.4) is 0 Å². The summed E-state index contributed by atoms with van der Waals surface area (Å²) in [6, 6.07) is 0.